The predicted octanol–water partition coefficient (Wildman–Crippen LogP) is 3.63. The first kappa shape index (κ1) is 18.4. The fraction of sp³-hybridized carbons (Fsp3) is 0.0526. The van der Waals surface area contributed by atoms with Gasteiger partial charge in [-0.3, -0.25) is 0 Å². The van der Waals surface area contributed by atoms with Gasteiger partial charge in [0, 0.05) is 17.7 Å². The van der Waals surface area contributed by atoms with E-state index in [1.807, 2.05) is 0 Å². The summed E-state index contributed by atoms with van der Waals surface area (Å²) < 4.78 is 40.2. The van der Waals surface area contributed by atoms with Crippen molar-refractivity contribution in [2.45, 2.75) is 10.6 Å². The van der Waals surface area contributed by atoms with Gasteiger partial charge in [-0.25, -0.2) is 17.8 Å². The van der Waals surface area contributed by atoms with Crippen LogP contribution in [0.15, 0.2) is 65.7 Å². The van der Waals surface area contributed by atoms with Crippen LogP contribution < -0.4 is 4.73 Å². The standard InChI is InChI=1S/C19H13ClFN3O3S/c20-14-5-3-4-12(18(14)21)11-28(26,27)13-7-8-15-16(10-13)23-19(22-15)17-6-1-2-9-24(17)25/h1-10H,11H2,(H,22,23). The van der Waals surface area contributed by atoms with Crippen molar-refractivity contribution in [3.8, 4) is 11.5 Å². The Bertz CT molecular complexity index is 1310. The number of pyridine rings is 1. The molecule has 0 bridgehead atoms. The maximum atomic E-state index is 14.1. The van der Waals surface area contributed by atoms with E-state index in [1.54, 1.807) is 24.3 Å². The second kappa shape index (κ2) is 6.88. The molecule has 1 N–H and O–H groups in total. The van der Waals surface area contributed by atoms with Gasteiger partial charge in [-0.15, -0.1) is 0 Å². The Morgan fingerprint density at radius 2 is 1.96 bits per heavy atom. The summed E-state index contributed by atoms with van der Waals surface area (Å²) in [6.45, 7) is 0. The van der Waals surface area contributed by atoms with Gasteiger partial charge in [0.1, 0.15) is 5.82 Å². The fourth-order valence-electron chi connectivity index (χ4n) is 2.86. The molecule has 0 aliphatic heterocycles. The molecule has 2 aromatic carbocycles. The lowest BCUT2D eigenvalue weighted by Gasteiger charge is -2.06. The molecular formula is C19H13ClFN3O3S. The van der Waals surface area contributed by atoms with Gasteiger partial charge in [0.2, 0.25) is 5.82 Å². The molecule has 2 heterocycles. The number of benzene rings is 2. The minimum absolute atomic E-state index is 0.000451. The second-order valence-corrected chi connectivity index (χ2v) is 8.54. The molecule has 28 heavy (non-hydrogen) atoms. The number of H-pyrrole nitrogens is 1. The molecule has 0 radical (unpaired) electrons. The molecule has 0 unspecified atom stereocenters. The highest BCUT2D eigenvalue weighted by Crippen LogP contribution is 2.25. The maximum Gasteiger partial charge on any atom is 0.259 e. The SMILES string of the molecule is O=S(=O)(Cc1cccc(Cl)c1F)c1ccc2[nH]c(-c3cccc[n+]3[O-])nc2c1. The van der Waals surface area contributed by atoms with Gasteiger partial charge in [0.15, 0.2) is 16.0 Å². The van der Waals surface area contributed by atoms with Gasteiger partial charge in [0.05, 0.1) is 26.7 Å². The van der Waals surface area contributed by atoms with E-state index in [0.29, 0.717) is 27.3 Å². The molecule has 4 aromatic rings. The van der Waals surface area contributed by atoms with E-state index in [2.05, 4.69) is 9.97 Å². The van der Waals surface area contributed by atoms with Crippen LogP contribution in [0.1, 0.15) is 5.56 Å². The number of nitrogens with zero attached hydrogens (tertiary/aromatic N) is 2. The van der Waals surface area contributed by atoms with Crippen LogP contribution >= 0.6 is 11.6 Å². The predicted molar refractivity (Wildman–Crippen MR) is 103 cm³/mol. The second-order valence-electron chi connectivity index (χ2n) is 6.15. The Kier molecular flexibility index (Phi) is 4.52. The van der Waals surface area contributed by atoms with E-state index in [-0.39, 0.29) is 15.5 Å². The number of aromatic nitrogens is 3. The Morgan fingerprint density at radius 1 is 1.14 bits per heavy atom. The Morgan fingerprint density at radius 3 is 2.75 bits per heavy atom. The molecule has 0 amide bonds. The van der Waals surface area contributed by atoms with Crippen LogP contribution in [0, 0.1) is 11.0 Å². The summed E-state index contributed by atoms with van der Waals surface area (Å²) in [5.74, 6) is -0.956. The van der Waals surface area contributed by atoms with Crippen molar-refractivity contribution in [3.63, 3.8) is 0 Å². The summed E-state index contributed by atoms with van der Waals surface area (Å²) in [6.07, 6.45) is 1.35. The van der Waals surface area contributed by atoms with Crippen LogP contribution in [0.3, 0.4) is 0 Å². The maximum absolute atomic E-state index is 14.1. The summed E-state index contributed by atoms with van der Waals surface area (Å²) >= 11 is 5.73. The van der Waals surface area contributed by atoms with Crippen molar-refractivity contribution in [1.29, 1.82) is 0 Å². The molecule has 0 atom stereocenters. The molecule has 142 valence electrons. The third kappa shape index (κ3) is 3.32. The monoisotopic (exact) mass is 417 g/mol. The lowest BCUT2D eigenvalue weighted by molar-refractivity contribution is -0.594. The lowest BCUT2D eigenvalue weighted by Crippen LogP contribution is -2.28. The number of halogens is 2. The Hall–Kier alpha value is -2.97. The first-order valence-electron chi connectivity index (χ1n) is 8.19. The Balaban J connectivity index is 1.73. The van der Waals surface area contributed by atoms with Crippen LogP contribution in [-0.4, -0.2) is 18.4 Å². The van der Waals surface area contributed by atoms with E-state index in [1.165, 1.54) is 36.5 Å². The summed E-state index contributed by atoms with van der Waals surface area (Å²) in [5, 5.41) is 11.8. The Labute approximate surface area is 164 Å². The van der Waals surface area contributed by atoms with E-state index < -0.39 is 21.4 Å². The number of hydrogen-bond donors (Lipinski definition) is 1. The molecule has 0 aliphatic carbocycles. The highest BCUT2D eigenvalue weighted by molar-refractivity contribution is 7.90. The van der Waals surface area contributed by atoms with Gasteiger partial charge in [-0.1, -0.05) is 23.7 Å². The van der Waals surface area contributed by atoms with Crippen LogP contribution in [0.2, 0.25) is 5.02 Å². The minimum atomic E-state index is -3.83. The van der Waals surface area contributed by atoms with E-state index in [9.17, 15) is 18.0 Å². The number of rotatable bonds is 4. The number of fused-ring (bicyclic) bond motifs is 1. The highest BCUT2D eigenvalue weighted by Gasteiger charge is 2.21. The first-order chi connectivity index (χ1) is 13.3. The van der Waals surface area contributed by atoms with E-state index in [0.717, 1.165) is 0 Å². The lowest BCUT2D eigenvalue weighted by atomic mass is 10.2. The van der Waals surface area contributed by atoms with Crippen LogP contribution in [-0.2, 0) is 15.6 Å². The summed E-state index contributed by atoms with van der Waals surface area (Å²) in [7, 11) is -3.83. The molecule has 2 aromatic heterocycles. The highest BCUT2D eigenvalue weighted by atomic mass is 35.5. The van der Waals surface area contributed by atoms with E-state index >= 15 is 0 Å². The zero-order valence-corrected chi connectivity index (χ0v) is 15.8. The van der Waals surface area contributed by atoms with Gasteiger partial charge < -0.3 is 10.2 Å². The van der Waals surface area contributed by atoms with Gasteiger partial charge in [0.25, 0.3) is 5.69 Å². The van der Waals surface area contributed by atoms with Crippen molar-refractivity contribution in [2.75, 3.05) is 0 Å². The molecule has 6 nitrogen and oxygen atoms in total. The summed E-state index contributed by atoms with van der Waals surface area (Å²) in [5.41, 5.74) is 1.26. The third-order valence-electron chi connectivity index (χ3n) is 4.26. The first-order valence-corrected chi connectivity index (χ1v) is 10.2. The van der Waals surface area contributed by atoms with Crippen molar-refractivity contribution in [1.82, 2.24) is 9.97 Å². The van der Waals surface area contributed by atoms with Gasteiger partial charge in [-0.2, -0.15) is 4.73 Å². The average Bonchev–Trinajstić information content (AvgIpc) is 3.09. The number of nitrogens with one attached hydrogen (secondary N) is 1. The number of sulfone groups is 1. The van der Waals surface area contributed by atoms with Crippen molar-refractivity contribution >= 4 is 32.5 Å². The van der Waals surface area contributed by atoms with Crippen molar-refractivity contribution in [3.05, 3.63) is 82.4 Å². The summed E-state index contributed by atoms with van der Waals surface area (Å²) in [4.78, 5) is 7.31. The largest absolute Gasteiger partial charge is 0.618 e. The molecule has 0 aliphatic rings. The molecule has 9 heteroatoms. The summed E-state index contributed by atoms with van der Waals surface area (Å²) in [6, 6.07) is 13.5. The molecular weight excluding hydrogens is 405 g/mol. The topological polar surface area (TPSA) is 89.8 Å². The molecule has 4 rings (SSSR count). The quantitative estimate of drug-likeness (QED) is 0.405. The third-order valence-corrected chi connectivity index (χ3v) is 6.21. The molecule has 0 spiro atoms. The normalized spacial score (nSPS) is 11.8. The number of aromatic amines is 1. The zero-order valence-electron chi connectivity index (χ0n) is 14.3. The smallest absolute Gasteiger partial charge is 0.259 e. The van der Waals surface area contributed by atoms with Crippen LogP contribution in [0.25, 0.3) is 22.6 Å². The molecule has 0 saturated heterocycles. The number of imidazole rings is 1. The van der Waals surface area contributed by atoms with Crippen molar-refractivity contribution in [2.24, 2.45) is 0 Å². The van der Waals surface area contributed by atoms with Crippen LogP contribution in [0.4, 0.5) is 4.39 Å². The van der Waals surface area contributed by atoms with Crippen LogP contribution in [0.5, 0.6) is 0 Å². The molecule has 0 fully saturated rings. The van der Waals surface area contributed by atoms with Gasteiger partial charge in [-0.05, 0) is 30.3 Å². The van der Waals surface area contributed by atoms with E-state index in [4.69, 9.17) is 11.6 Å². The van der Waals surface area contributed by atoms with Gasteiger partial charge >= 0.3 is 0 Å². The zero-order chi connectivity index (χ0) is 19.9. The fourth-order valence-corrected chi connectivity index (χ4v) is 4.42. The van der Waals surface area contributed by atoms with Crippen molar-refractivity contribution < 1.29 is 17.5 Å². The minimum Gasteiger partial charge on any atom is -0.618 e. The molecule has 0 saturated carbocycles. The average molecular weight is 418 g/mol. The number of hydrogen-bond acceptors (Lipinski definition) is 4.